The molecule has 4 N–H and O–H groups in total. The molecule has 0 bridgehead atoms. The van der Waals surface area contributed by atoms with E-state index in [1.807, 2.05) is 0 Å². The maximum atomic E-state index is 11.6. The van der Waals surface area contributed by atoms with Gasteiger partial charge in [-0.15, -0.1) is 10.2 Å². The van der Waals surface area contributed by atoms with Gasteiger partial charge in [0.1, 0.15) is 5.82 Å². The lowest BCUT2D eigenvalue weighted by atomic mass is 10.3. The van der Waals surface area contributed by atoms with E-state index in [0.717, 1.165) is 12.8 Å². The first kappa shape index (κ1) is 12.3. The van der Waals surface area contributed by atoms with Gasteiger partial charge in [-0.3, -0.25) is 9.59 Å². The molecule has 18 heavy (non-hydrogen) atoms. The summed E-state index contributed by atoms with van der Waals surface area (Å²) in [5.41, 5.74) is 5.57. The fourth-order valence-electron chi connectivity index (χ4n) is 1.41. The van der Waals surface area contributed by atoms with Gasteiger partial charge in [0.05, 0.1) is 0 Å². The fraction of sp³-hybridized carbons (Fsp3) is 0.455. The Morgan fingerprint density at radius 2 is 1.94 bits per heavy atom. The molecule has 1 aromatic heterocycles. The first-order valence-electron chi connectivity index (χ1n) is 5.82. The number of nitrogens with one attached hydrogen (secondary N) is 2. The van der Waals surface area contributed by atoms with Crippen LogP contribution in [0.3, 0.4) is 0 Å². The molecule has 0 spiro atoms. The molecule has 0 radical (unpaired) electrons. The molecule has 2 amide bonds. The third-order valence-electron chi connectivity index (χ3n) is 2.58. The lowest BCUT2D eigenvalue weighted by Crippen LogP contribution is -2.35. The molecule has 0 aliphatic heterocycles. The van der Waals surface area contributed by atoms with Gasteiger partial charge in [0.25, 0.3) is 5.91 Å². The van der Waals surface area contributed by atoms with Crippen molar-refractivity contribution in [3.8, 4) is 0 Å². The Morgan fingerprint density at radius 3 is 2.56 bits per heavy atom. The first-order valence-corrected chi connectivity index (χ1v) is 5.82. The molecule has 96 valence electrons. The van der Waals surface area contributed by atoms with Crippen molar-refractivity contribution in [1.29, 1.82) is 0 Å². The van der Waals surface area contributed by atoms with Crippen LogP contribution in [-0.4, -0.2) is 35.1 Å². The van der Waals surface area contributed by atoms with E-state index in [2.05, 4.69) is 20.8 Å². The lowest BCUT2D eigenvalue weighted by Gasteiger charge is -2.05. The number of carbonyl (C=O) groups is 2. The van der Waals surface area contributed by atoms with Crippen molar-refractivity contribution in [3.05, 3.63) is 17.8 Å². The Hall–Kier alpha value is -2.18. The quantitative estimate of drug-likeness (QED) is 0.598. The van der Waals surface area contributed by atoms with E-state index in [4.69, 9.17) is 5.73 Å². The average molecular weight is 249 g/mol. The molecule has 1 aliphatic carbocycles. The second-order valence-corrected chi connectivity index (χ2v) is 4.16. The van der Waals surface area contributed by atoms with Crippen molar-refractivity contribution in [2.75, 3.05) is 18.8 Å². The van der Waals surface area contributed by atoms with Crippen LogP contribution >= 0.6 is 0 Å². The first-order chi connectivity index (χ1) is 8.66. The fourth-order valence-corrected chi connectivity index (χ4v) is 1.41. The van der Waals surface area contributed by atoms with Crippen molar-refractivity contribution in [2.24, 2.45) is 5.92 Å². The minimum Gasteiger partial charge on any atom is -0.382 e. The Bertz CT molecular complexity index is 441. The molecule has 2 rings (SSSR count). The van der Waals surface area contributed by atoms with Crippen LogP contribution in [0.2, 0.25) is 0 Å². The summed E-state index contributed by atoms with van der Waals surface area (Å²) in [7, 11) is 0. The van der Waals surface area contributed by atoms with E-state index in [9.17, 15) is 9.59 Å². The van der Waals surface area contributed by atoms with Gasteiger partial charge in [0.15, 0.2) is 5.69 Å². The zero-order valence-corrected chi connectivity index (χ0v) is 9.85. The van der Waals surface area contributed by atoms with Crippen molar-refractivity contribution in [2.45, 2.75) is 12.8 Å². The third kappa shape index (κ3) is 3.41. The van der Waals surface area contributed by atoms with Gasteiger partial charge in [-0.1, -0.05) is 0 Å². The van der Waals surface area contributed by atoms with Gasteiger partial charge < -0.3 is 16.4 Å². The number of aromatic nitrogens is 2. The number of nitrogen functional groups attached to an aromatic ring is 1. The third-order valence-corrected chi connectivity index (χ3v) is 2.58. The number of anilines is 1. The van der Waals surface area contributed by atoms with Gasteiger partial charge in [-0.25, -0.2) is 0 Å². The second kappa shape index (κ2) is 5.44. The summed E-state index contributed by atoms with van der Waals surface area (Å²) in [6.45, 7) is 0.785. The van der Waals surface area contributed by atoms with E-state index in [0.29, 0.717) is 13.1 Å². The zero-order valence-electron chi connectivity index (χ0n) is 9.85. The van der Waals surface area contributed by atoms with Gasteiger partial charge in [0.2, 0.25) is 5.91 Å². The molecule has 7 heteroatoms. The molecular weight excluding hydrogens is 234 g/mol. The number of amides is 2. The predicted octanol–water partition coefficient (Wildman–Crippen LogP) is -0.685. The summed E-state index contributed by atoms with van der Waals surface area (Å²) in [5.74, 6) is 0.187. The summed E-state index contributed by atoms with van der Waals surface area (Å²) in [6, 6.07) is 3.01. The van der Waals surface area contributed by atoms with E-state index in [1.54, 1.807) is 0 Å². The highest BCUT2D eigenvalue weighted by molar-refractivity contribution is 5.92. The summed E-state index contributed by atoms with van der Waals surface area (Å²) >= 11 is 0. The van der Waals surface area contributed by atoms with Crippen LogP contribution in [0.15, 0.2) is 12.1 Å². The second-order valence-electron chi connectivity index (χ2n) is 4.16. The van der Waals surface area contributed by atoms with Gasteiger partial charge in [-0.2, -0.15) is 0 Å². The number of nitrogens with two attached hydrogens (primary N) is 1. The Kier molecular flexibility index (Phi) is 3.71. The van der Waals surface area contributed by atoms with Gasteiger partial charge in [0, 0.05) is 19.0 Å². The SMILES string of the molecule is Nc1ccc(C(=O)NCCNC(=O)C2CC2)nn1. The summed E-state index contributed by atoms with van der Waals surface area (Å²) in [4.78, 5) is 22.9. The summed E-state index contributed by atoms with van der Waals surface area (Å²) in [5, 5.41) is 12.6. The number of carbonyl (C=O) groups excluding carboxylic acids is 2. The number of nitrogens with zero attached hydrogens (tertiary/aromatic N) is 2. The highest BCUT2D eigenvalue weighted by atomic mass is 16.2. The molecule has 0 saturated heterocycles. The van der Waals surface area contributed by atoms with Crippen LogP contribution in [0.1, 0.15) is 23.3 Å². The van der Waals surface area contributed by atoms with Gasteiger partial charge in [-0.05, 0) is 25.0 Å². The summed E-state index contributed by atoms with van der Waals surface area (Å²) in [6.07, 6.45) is 1.94. The molecule has 1 fully saturated rings. The van der Waals surface area contributed by atoms with Crippen LogP contribution in [0, 0.1) is 5.92 Å². The monoisotopic (exact) mass is 249 g/mol. The molecule has 0 aromatic carbocycles. The lowest BCUT2D eigenvalue weighted by molar-refractivity contribution is -0.122. The van der Waals surface area contributed by atoms with E-state index < -0.39 is 0 Å². The Balaban J connectivity index is 1.68. The minimum absolute atomic E-state index is 0.0662. The molecule has 1 aliphatic rings. The molecule has 1 saturated carbocycles. The van der Waals surface area contributed by atoms with E-state index in [1.165, 1.54) is 12.1 Å². The Labute approximate surface area is 104 Å². The zero-order chi connectivity index (χ0) is 13.0. The smallest absolute Gasteiger partial charge is 0.271 e. The Morgan fingerprint density at radius 1 is 1.22 bits per heavy atom. The highest BCUT2D eigenvalue weighted by Crippen LogP contribution is 2.28. The van der Waals surface area contributed by atoms with Crippen LogP contribution in [0.25, 0.3) is 0 Å². The van der Waals surface area contributed by atoms with Crippen molar-refractivity contribution in [1.82, 2.24) is 20.8 Å². The topological polar surface area (TPSA) is 110 Å². The van der Waals surface area contributed by atoms with Crippen molar-refractivity contribution in [3.63, 3.8) is 0 Å². The minimum atomic E-state index is -0.330. The molecular formula is C11H15N5O2. The predicted molar refractivity (Wildman–Crippen MR) is 64.5 cm³/mol. The van der Waals surface area contributed by atoms with Crippen LogP contribution in [0.5, 0.6) is 0 Å². The maximum absolute atomic E-state index is 11.6. The van der Waals surface area contributed by atoms with Crippen molar-refractivity contribution < 1.29 is 9.59 Å². The van der Waals surface area contributed by atoms with Crippen molar-refractivity contribution >= 4 is 17.6 Å². The largest absolute Gasteiger partial charge is 0.382 e. The highest BCUT2D eigenvalue weighted by Gasteiger charge is 2.28. The van der Waals surface area contributed by atoms with Gasteiger partial charge >= 0.3 is 0 Å². The molecule has 1 heterocycles. The van der Waals surface area contributed by atoms with Crippen LogP contribution in [0.4, 0.5) is 5.82 Å². The molecule has 0 atom stereocenters. The van der Waals surface area contributed by atoms with Crippen LogP contribution < -0.4 is 16.4 Å². The molecule has 1 aromatic rings. The maximum Gasteiger partial charge on any atom is 0.271 e. The number of hydrogen-bond donors (Lipinski definition) is 3. The average Bonchev–Trinajstić information content (AvgIpc) is 3.19. The number of hydrogen-bond acceptors (Lipinski definition) is 5. The number of rotatable bonds is 5. The molecule has 0 unspecified atom stereocenters. The normalized spacial score (nSPS) is 14.0. The summed E-state index contributed by atoms with van der Waals surface area (Å²) < 4.78 is 0. The van der Waals surface area contributed by atoms with Crippen LogP contribution in [-0.2, 0) is 4.79 Å². The standard InChI is InChI=1S/C11H15N5O2/c12-9-4-3-8(15-16-9)11(18)14-6-5-13-10(17)7-1-2-7/h3-4,7H,1-2,5-6H2,(H2,12,16)(H,13,17)(H,14,18). The molecule has 7 nitrogen and oxygen atoms in total. The van der Waals surface area contributed by atoms with E-state index in [-0.39, 0.29) is 29.2 Å². The van der Waals surface area contributed by atoms with E-state index >= 15 is 0 Å².